The number of hydrogen-bond donors (Lipinski definition) is 0. The summed E-state index contributed by atoms with van der Waals surface area (Å²) >= 11 is 0. The van der Waals surface area contributed by atoms with Gasteiger partial charge >= 0.3 is 0 Å². The molecule has 1 saturated carbocycles. The molecule has 4 rings (SSSR count). The van der Waals surface area contributed by atoms with Crippen LogP contribution in [-0.4, -0.2) is 22.5 Å². The highest BCUT2D eigenvalue weighted by Gasteiger charge is 2.41. The van der Waals surface area contributed by atoms with Crippen molar-refractivity contribution < 1.29 is 9.32 Å². The van der Waals surface area contributed by atoms with Crippen LogP contribution >= 0.6 is 0 Å². The van der Waals surface area contributed by atoms with Gasteiger partial charge in [0.15, 0.2) is 0 Å². The summed E-state index contributed by atoms with van der Waals surface area (Å²) in [7, 11) is 0. The van der Waals surface area contributed by atoms with Crippen molar-refractivity contribution in [1.29, 1.82) is 0 Å². The van der Waals surface area contributed by atoms with E-state index < -0.39 is 0 Å². The van der Waals surface area contributed by atoms with E-state index in [1.54, 1.807) is 0 Å². The highest BCUT2D eigenvalue weighted by molar-refractivity contribution is 5.80. The van der Waals surface area contributed by atoms with Crippen molar-refractivity contribution >= 4 is 5.91 Å². The maximum absolute atomic E-state index is 12.9. The zero-order chi connectivity index (χ0) is 15.8. The third-order valence-electron chi connectivity index (χ3n) is 5.28. The molecular formula is C19H22N2O2. The van der Waals surface area contributed by atoms with E-state index in [4.69, 9.17) is 4.52 Å². The summed E-state index contributed by atoms with van der Waals surface area (Å²) in [5.41, 5.74) is 2.27. The average molecular weight is 310 g/mol. The van der Waals surface area contributed by atoms with E-state index in [0.717, 1.165) is 43.7 Å². The summed E-state index contributed by atoms with van der Waals surface area (Å²) in [5, 5.41) is 4.13. The van der Waals surface area contributed by atoms with E-state index in [1.165, 1.54) is 5.56 Å². The number of aryl methyl sites for hydroxylation is 1. The molecule has 1 aliphatic heterocycles. The number of likely N-dealkylation sites (tertiary alicyclic amines) is 1. The first-order valence-electron chi connectivity index (χ1n) is 8.51. The van der Waals surface area contributed by atoms with Crippen LogP contribution < -0.4 is 0 Å². The van der Waals surface area contributed by atoms with Gasteiger partial charge in [-0.3, -0.25) is 4.79 Å². The highest BCUT2D eigenvalue weighted by Crippen LogP contribution is 2.44. The van der Waals surface area contributed by atoms with Crippen LogP contribution in [0.4, 0.5) is 0 Å². The fourth-order valence-corrected chi connectivity index (χ4v) is 3.93. The Labute approximate surface area is 136 Å². The number of hydrogen-bond acceptors (Lipinski definition) is 3. The second kappa shape index (κ2) is 5.84. The van der Waals surface area contributed by atoms with Crippen molar-refractivity contribution in [2.75, 3.05) is 6.54 Å². The number of aromatic nitrogens is 1. The molecule has 0 radical (unpaired) electrons. The Morgan fingerprint density at radius 2 is 2.04 bits per heavy atom. The molecule has 1 aliphatic carbocycles. The van der Waals surface area contributed by atoms with E-state index in [1.807, 2.05) is 24.0 Å². The van der Waals surface area contributed by atoms with Crippen LogP contribution in [0.5, 0.6) is 0 Å². The van der Waals surface area contributed by atoms with Crippen LogP contribution in [0.2, 0.25) is 0 Å². The van der Waals surface area contributed by atoms with Crippen molar-refractivity contribution in [3.05, 3.63) is 53.4 Å². The van der Waals surface area contributed by atoms with Crippen molar-refractivity contribution in [1.82, 2.24) is 10.1 Å². The van der Waals surface area contributed by atoms with Crippen molar-refractivity contribution in [2.45, 2.75) is 44.6 Å². The number of carbonyl (C=O) groups excluding carboxylic acids is 1. The van der Waals surface area contributed by atoms with Crippen LogP contribution in [0.25, 0.3) is 0 Å². The number of rotatable bonds is 3. The van der Waals surface area contributed by atoms with Crippen molar-refractivity contribution in [2.24, 2.45) is 5.92 Å². The first-order valence-corrected chi connectivity index (χ1v) is 8.51. The lowest BCUT2D eigenvalue weighted by atomic mass is 9.71. The smallest absolute Gasteiger partial charge is 0.226 e. The van der Waals surface area contributed by atoms with Crippen LogP contribution in [-0.2, 0) is 4.79 Å². The summed E-state index contributed by atoms with van der Waals surface area (Å²) in [6, 6.07) is 12.6. The second-order valence-electron chi connectivity index (χ2n) is 6.83. The third-order valence-corrected chi connectivity index (χ3v) is 5.28. The first kappa shape index (κ1) is 14.5. The standard InChI is InChI=1S/C19H22N2O2/c1-13-10-17(20-23-13)18-8-5-9-21(18)19(22)16-11-15(12-16)14-6-3-2-4-7-14/h2-4,6-7,10,15-16,18H,5,8-9,11-12H2,1H3/t15?,16?,18-/m0/s1. The molecule has 1 aromatic carbocycles. The predicted molar refractivity (Wildman–Crippen MR) is 86.8 cm³/mol. The van der Waals surface area contributed by atoms with E-state index in [9.17, 15) is 4.79 Å². The van der Waals surface area contributed by atoms with Gasteiger partial charge in [-0.2, -0.15) is 0 Å². The lowest BCUT2D eigenvalue weighted by Crippen LogP contribution is -2.41. The Morgan fingerprint density at radius 3 is 2.74 bits per heavy atom. The predicted octanol–water partition coefficient (Wildman–Crippen LogP) is 3.84. The fraction of sp³-hybridized carbons (Fsp3) is 0.474. The molecule has 0 N–H and O–H groups in total. The van der Waals surface area contributed by atoms with Gasteiger partial charge in [-0.1, -0.05) is 35.5 Å². The van der Waals surface area contributed by atoms with Gasteiger partial charge < -0.3 is 9.42 Å². The molecular weight excluding hydrogens is 288 g/mol. The molecule has 2 fully saturated rings. The molecule has 4 heteroatoms. The quantitative estimate of drug-likeness (QED) is 0.865. The Hall–Kier alpha value is -2.10. The molecule has 120 valence electrons. The Kier molecular flexibility index (Phi) is 3.68. The molecule has 4 nitrogen and oxygen atoms in total. The van der Waals surface area contributed by atoms with E-state index >= 15 is 0 Å². The lowest BCUT2D eigenvalue weighted by molar-refractivity contribution is -0.139. The summed E-state index contributed by atoms with van der Waals surface area (Å²) in [6.07, 6.45) is 4.00. The number of benzene rings is 1. The van der Waals surface area contributed by atoms with E-state index in [2.05, 4.69) is 29.4 Å². The SMILES string of the molecule is Cc1cc([C@@H]2CCCN2C(=O)C2CC(c3ccccc3)C2)no1. The number of amides is 1. The number of nitrogens with zero attached hydrogens (tertiary/aromatic N) is 2. The summed E-state index contributed by atoms with van der Waals surface area (Å²) in [6.45, 7) is 2.75. The fourth-order valence-electron chi connectivity index (χ4n) is 3.93. The van der Waals surface area contributed by atoms with Crippen LogP contribution in [0.1, 0.15) is 54.7 Å². The summed E-state index contributed by atoms with van der Waals surface area (Å²) in [5.74, 6) is 1.83. The maximum Gasteiger partial charge on any atom is 0.226 e. The molecule has 0 unspecified atom stereocenters. The molecule has 1 amide bonds. The van der Waals surface area contributed by atoms with E-state index in [0.29, 0.717) is 11.8 Å². The third kappa shape index (κ3) is 2.67. The van der Waals surface area contributed by atoms with Gasteiger partial charge in [0.05, 0.1) is 6.04 Å². The zero-order valence-electron chi connectivity index (χ0n) is 13.4. The Morgan fingerprint density at radius 1 is 1.26 bits per heavy atom. The van der Waals surface area contributed by atoms with Gasteiger partial charge in [0, 0.05) is 18.5 Å². The van der Waals surface area contributed by atoms with Crippen LogP contribution in [0, 0.1) is 12.8 Å². The molecule has 2 aromatic rings. The minimum atomic E-state index is 0.107. The second-order valence-corrected chi connectivity index (χ2v) is 6.83. The first-order chi connectivity index (χ1) is 11.2. The van der Waals surface area contributed by atoms with Gasteiger partial charge in [-0.15, -0.1) is 0 Å². The van der Waals surface area contributed by atoms with Crippen molar-refractivity contribution in [3.8, 4) is 0 Å². The molecule has 0 spiro atoms. The summed E-state index contributed by atoms with van der Waals surface area (Å²) < 4.78 is 5.19. The minimum Gasteiger partial charge on any atom is -0.361 e. The summed E-state index contributed by atoms with van der Waals surface area (Å²) in [4.78, 5) is 14.9. The molecule has 23 heavy (non-hydrogen) atoms. The Balaban J connectivity index is 1.42. The number of carbonyl (C=O) groups is 1. The van der Waals surface area contributed by atoms with Crippen LogP contribution in [0.3, 0.4) is 0 Å². The van der Waals surface area contributed by atoms with E-state index in [-0.39, 0.29) is 12.0 Å². The van der Waals surface area contributed by atoms with Gasteiger partial charge in [-0.25, -0.2) is 0 Å². The zero-order valence-corrected chi connectivity index (χ0v) is 13.4. The van der Waals surface area contributed by atoms with Crippen molar-refractivity contribution in [3.63, 3.8) is 0 Å². The van der Waals surface area contributed by atoms with Crippen LogP contribution in [0.15, 0.2) is 40.9 Å². The Bertz CT molecular complexity index is 688. The highest BCUT2D eigenvalue weighted by atomic mass is 16.5. The molecule has 2 aliphatic rings. The van der Waals surface area contributed by atoms with Gasteiger partial charge in [0.2, 0.25) is 5.91 Å². The maximum atomic E-state index is 12.9. The molecule has 1 saturated heterocycles. The van der Waals surface area contributed by atoms with Gasteiger partial charge in [-0.05, 0) is 44.1 Å². The molecule has 1 aromatic heterocycles. The monoisotopic (exact) mass is 310 g/mol. The molecule has 2 heterocycles. The minimum absolute atomic E-state index is 0.107. The average Bonchev–Trinajstić information content (AvgIpc) is 3.15. The largest absolute Gasteiger partial charge is 0.361 e. The molecule has 0 bridgehead atoms. The topological polar surface area (TPSA) is 46.3 Å². The van der Waals surface area contributed by atoms with Gasteiger partial charge in [0.1, 0.15) is 11.5 Å². The van der Waals surface area contributed by atoms with Gasteiger partial charge in [0.25, 0.3) is 0 Å². The lowest BCUT2D eigenvalue weighted by Gasteiger charge is -2.38. The normalized spacial score (nSPS) is 27.0. The molecule has 1 atom stereocenters.